The molecule has 0 aromatic rings. The van der Waals surface area contributed by atoms with Crippen LogP contribution in [-0.2, 0) is 47.8 Å². The monoisotopic (exact) mass is 403 g/mol. The molecule has 0 aromatic heterocycles. The molecule has 0 spiro atoms. The Morgan fingerprint density at radius 1 is 0.643 bits per heavy atom. The molecule has 13 nitrogen and oxygen atoms in total. The number of esters is 4. The molecule has 0 amide bonds. The van der Waals surface area contributed by atoms with E-state index in [0.29, 0.717) is 0 Å². The number of Topliss-reactive ketones (excluding diaryl/α,β-unsaturated/α-hetero) is 2. The molecule has 0 radical (unpaired) electrons. The number of nitrogens with two attached hydrogens (primary N) is 1. The molecule has 0 saturated carbocycles. The van der Waals surface area contributed by atoms with E-state index in [1.807, 2.05) is 0 Å². The van der Waals surface area contributed by atoms with E-state index in [2.05, 4.69) is 9.47 Å². The van der Waals surface area contributed by atoms with Crippen molar-refractivity contribution < 1.29 is 58.0 Å². The number of carbonyl (C=O) groups is 8. The van der Waals surface area contributed by atoms with Crippen LogP contribution in [0.25, 0.3) is 0 Å². The van der Waals surface area contributed by atoms with Gasteiger partial charge in [-0.25, -0.2) is 14.4 Å². The summed E-state index contributed by atoms with van der Waals surface area (Å²) >= 11 is 0. The van der Waals surface area contributed by atoms with Crippen molar-refractivity contribution >= 4 is 47.4 Å². The van der Waals surface area contributed by atoms with Crippen LogP contribution in [0, 0.1) is 0 Å². The highest BCUT2D eigenvalue weighted by atomic mass is 16.6. The van der Waals surface area contributed by atoms with E-state index < -0.39 is 85.5 Å². The molecule has 0 aliphatic heterocycles. The molecule has 0 aliphatic rings. The zero-order chi connectivity index (χ0) is 21.9. The number of rotatable bonds is 12. The highest BCUT2D eigenvalue weighted by Crippen LogP contribution is 2.04. The summed E-state index contributed by atoms with van der Waals surface area (Å²) in [5.74, 6) is -10.6. The molecule has 13 heteroatoms. The minimum absolute atomic E-state index is 0.375. The van der Waals surface area contributed by atoms with Crippen molar-refractivity contribution in [2.45, 2.75) is 44.6 Å². The van der Waals surface area contributed by atoms with E-state index in [4.69, 9.17) is 15.9 Å². The second-order valence-corrected chi connectivity index (χ2v) is 5.24. The molecule has 0 rings (SSSR count). The highest BCUT2D eigenvalue weighted by molar-refractivity contribution is 6.33. The third-order valence-corrected chi connectivity index (χ3v) is 2.99. The summed E-state index contributed by atoms with van der Waals surface area (Å²) in [7, 11) is 0. The van der Waals surface area contributed by atoms with Crippen LogP contribution >= 0.6 is 0 Å². The zero-order valence-corrected chi connectivity index (χ0v) is 14.4. The van der Waals surface area contributed by atoms with Crippen LogP contribution in [0.15, 0.2) is 0 Å². The molecule has 0 fully saturated rings. The summed E-state index contributed by atoms with van der Waals surface area (Å²) in [6.07, 6.45) is -3.51. The second-order valence-electron chi connectivity index (χ2n) is 5.24. The van der Waals surface area contributed by atoms with E-state index >= 15 is 0 Å². The van der Waals surface area contributed by atoms with Gasteiger partial charge in [-0.1, -0.05) is 0 Å². The Morgan fingerprint density at radius 2 is 1.04 bits per heavy atom. The quantitative estimate of drug-likeness (QED) is 0.184. The first-order valence-electron chi connectivity index (χ1n) is 7.69. The number of carboxylic acids is 2. The zero-order valence-electron chi connectivity index (χ0n) is 14.4. The first-order valence-corrected chi connectivity index (χ1v) is 7.69. The summed E-state index contributed by atoms with van der Waals surface area (Å²) < 4.78 is 8.57. The average Bonchev–Trinajstić information content (AvgIpc) is 2.61. The molecule has 154 valence electrons. The highest BCUT2D eigenvalue weighted by Gasteiger charge is 2.23. The Balaban J connectivity index is 4.18. The Hall–Kier alpha value is -3.48. The molecular weight excluding hydrogens is 386 g/mol. The fraction of sp³-hybridized carbons (Fsp3) is 0.467. The standard InChI is InChI=1S/C15H17NO12/c16-7(15(26)28-12(21)6-3-9(18)14(24)25)1-4-10(19)27-11(20)5-2-8(17)13(22)23/h7H,1-6,16H2,(H,22,23)(H,24,25)/t7-/m0/s1. The van der Waals surface area contributed by atoms with E-state index in [0.717, 1.165) is 0 Å². The predicted molar refractivity (Wildman–Crippen MR) is 83.2 cm³/mol. The average molecular weight is 403 g/mol. The lowest BCUT2D eigenvalue weighted by Crippen LogP contribution is -2.34. The molecule has 1 atom stereocenters. The van der Waals surface area contributed by atoms with Crippen LogP contribution in [0.3, 0.4) is 0 Å². The molecule has 0 bridgehead atoms. The molecule has 4 N–H and O–H groups in total. The van der Waals surface area contributed by atoms with Crippen molar-refractivity contribution in [2.75, 3.05) is 0 Å². The van der Waals surface area contributed by atoms with Gasteiger partial charge in [0.25, 0.3) is 0 Å². The second kappa shape index (κ2) is 12.0. The van der Waals surface area contributed by atoms with Crippen molar-refractivity contribution in [1.29, 1.82) is 0 Å². The minimum atomic E-state index is -1.74. The Morgan fingerprint density at radius 3 is 1.46 bits per heavy atom. The van der Waals surface area contributed by atoms with Gasteiger partial charge in [0.05, 0.1) is 12.8 Å². The van der Waals surface area contributed by atoms with Crippen molar-refractivity contribution in [3.63, 3.8) is 0 Å². The summed E-state index contributed by atoms with van der Waals surface area (Å²) in [5, 5.41) is 16.7. The van der Waals surface area contributed by atoms with Crippen molar-refractivity contribution in [3.05, 3.63) is 0 Å². The lowest BCUT2D eigenvalue weighted by molar-refractivity contribution is -0.161. The number of aliphatic carboxylic acids is 2. The fourth-order valence-corrected chi connectivity index (χ4v) is 1.50. The third-order valence-electron chi connectivity index (χ3n) is 2.99. The summed E-state index contributed by atoms with van der Waals surface area (Å²) in [5.41, 5.74) is 5.39. The van der Waals surface area contributed by atoms with Crippen molar-refractivity contribution in [1.82, 2.24) is 0 Å². The number of hydrogen-bond acceptors (Lipinski definition) is 11. The number of carbonyl (C=O) groups excluding carboxylic acids is 6. The lowest BCUT2D eigenvalue weighted by atomic mass is 10.1. The topological polar surface area (TPSA) is 221 Å². The van der Waals surface area contributed by atoms with E-state index in [-0.39, 0.29) is 6.42 Å². The van der Waals surface area contributed by atoms with Gasteiger partial charge in [0.1, 0.15) is 6.04 Å². The molecular formula is C15H17NO12. The molecule has 0 saturated heterocycles. The van der Waals surface area contributed by atoms with Gasteiger partial charge >= 0.3 is 35.8 Å². The van der Waals surface area contributed by atoms with E-state index in [9.17, 15) is 38.4 Å². The van der Waals surface area contributed by atoms with Gasteiger partial charge in [-0.2, -0.15) is 0 Å². The smallest absolute Gasteiger partial charge is 0.372 e. The van der Waals surface area contributed by atoms with Gasteiger partial charge in [0, 0.05) is 19.3 Å². The fourth-order valence-electron chi connectivity index (χ4n) is 1.50. The minimum Gasteiger partial charge on any atom is -0.476 e. The van der Waals surface area contributed by atoms with Crippen molar-refractivity contribution in [2.24, 2.45) is 5.73 Å². The Bertz CT molecular complexity index is 695. The van der Waals surface area contributed by atoms with E-state index in [1.54, 1.807) is 0 Å². The van der Waals surface area contributed by atoms with Gasteiger partial charge < -0.3 is 25.4 Å². The maximum Gasteiger partial charge on any atom is 0.372 e. The van der Waals surface area contributed by atoms with Crippen LogP contribution < -0.4 is 5.73 Å². The first-order chi connectivity index (χ1) is 12.9. The number of ketones is 2. The molecule has 0 aliphatic carbocycles. The number of ether oxygens (including phenoxy) is 2. The van der Waals surface area contributed by atoms with Crippen LogP contribution in [-0.4, -0.2) is 63.6 Å². The predicted octanol–water partition coefficient (Wildman–Crippen LogP) is -1.90. The third kappa shape index (κ3) is 10.5. The molecule has 0 heterocycles. The SMILES string of the molecule is N[C@@H](CCC(=O)OC(=O)CCC(=O)C(=O)O)C(=O)OC(=O)CCC(=O)C(=O)O. The molecule has 0 aromatic carbocycles. The van der Waals surface area contributed by atoms with Gasteiger partial charge in [-0.05, 0) is 6.42 Å². The van der Waals surface area contributed by atoms with Gasteiger partial charge in [0.15, 0.2) is 0 Å². The van der Waals surface area contributed by atoms with Gasteiger partial charge in [-0.3, -0.25) is 24.0 Å². The Labute approximate surface area is 156 Å². The first kappa shape index (κ1) is 24.5. The molecule has 0 unspecified atom stereocenters. The molecule has 28 heavy (non-hydrogen) atoms. The largest absolute Gasteiger partial charge is 0.476 e. The summed E-state index contributed by atoms with van der Waals surface area (Å²) in [6, 6.07) is -1.45. The van der Waals surface area contributed by atoms with Gasteiger partial charge in [0.2, 0.25) is 11.6 Å². The van der Waals surface area contributed by atoms with Crippen LogP contribution in [0.4, 0.5) is 0 Å². The Kier molecular flexibility index (Phi) is 10.5. The summed E-state index contributed by atoms with van der Waals surface area (Å²) in [6.45, 7) is 0. The lowest BCUT2D eigenvalue weighted by Gasteiger charge is -2.09. The van der Waals surface area contributed by atoms with Crippen LogP contribution in [0.5, 0.6) is 0 Å². The summed E-state index contributed by atoms with van der Waals surface area (Å²) in [4.78, 5) is 87.6. The number of carboxylic acid groups (broad SMARTS) is 2. The maximum absolute atomic E-state index is 11.5. The normalized spacial score (nSPS) is 11.0. The van der Waals surface area contributed by atoms with Crippen LogP contribution in [0.1, 0.15) is 38.5 Å². The number of hydrogen-bond donors (Lipinski definition) is 3. The van der Waals surface area contributed by atoms with Crippen molar-refractivity contribution in [3.8, 4) is 0 Å². The van der Waals surface area contributed by atoms with Crippen LogP contribution in [0.2, 0.25) is 0 Å². The maximum atomic E-state index is 11.5. The van der Waals surface area contributed by atoms with E-state index in [1.165, 1.54) is 0 Å². The van der Waals surface area contributed by atoms with Gasteiger partial charge in [-0.15, -0.1) is 0 Å².